The number of anilines is 1. The third-order valence-corrected chi connectivity index (χ3v) is 5.47. The molecule has 1 amide bonds. The smallest absolute Gasteiger partial charge is 0.256 e. The molecule has 0 aliphatic rings. The summed E-state index contributed by atoms with van der Waals surface area (Å²) in [7, 11) is 1.56. The van der Waals surface area contributed by atoms with Crippen LogP contribution in [0.2, 0.25) is 0 Å². The number of carbonyl (C=O) groups excluding carboxylic acids is 1. The van der Waals surface area contributed by atoms with E-state index in [1.807, 2.05) is 19.9 Å². The number of amides is 1. The molecular weight excluding hydrogens is 486 g/mol. The summed E-state index contributed by atoms with van der Waals surface area (Å²) in [6.45, 7) is 5.70. The lowest BCUT2D eigenvalue weighted by molar-refractivity contribution is 0.102. The van der Waals surface area contributed by atoms with Crippen LogP contribution in [0, 0.1) is 20.8 Å². The lowest BCUT2D eigenvalue weighted by Crippen LogP contribution is -2.12. The van der Waals surface area contributed by atoms with Gasteiger partial charge in [0.1, 0.15) is 17.3 Å². The third-order valence-electron chi connectivity index (χ3n) is 4.78. The fraction of sp³-hybridized carbons (Fsp3) is 0.167. The van der Waals surface area contributed by atoms with Gasteiger partial charge in [-0.05, 0) is 85.2 Å². The van der Waals surface area contributed by atoms with E-state index >= 15 is 0 Å². The van der Waals surface area contributed by atoms with Gasteiger partial charge in [-0.3, -0.25) is 4.79 Å². The van der Waals surface area contributed by atoms with Gasteiger partial charge in [-0.2, -0.15) is 10.1 Å². The molecule has 0 aliphatic carbocycles. The molecule has 2 aromatic carbocycles. The molecule has 9 heteroatoms. The maximum absolute atomic E-state index is 12.7. The molecule has 0 spiro atoms. The van der Waals surface area contributed by atoms with E-state index < -0.39 is 0 Å². The van der Waals surface area contributed by atoms with Crippen LogP contribution in [0.5, 0.6) is 17.4 Å². The van der Waals surface area contributed by atoms with E-state index in [1.54, 1.807) is 67.2 Å². The van der Waals surface area contributed by atoms with E-state index in [4.69, 9.17) is 9.47 Å². The predicted octanol–water partition coefficient (Wildman–Crippen LogP) is 5.40. The van der Waals surface area contributed by atoms with Gasteiger partial charge in [0.25, 0.3) is 5.91 Å². The van der Waals surface area contributed by atoms with Crippen LogP contribution in [0.3, 0.4) is 0 Å². The quantitative estimate of drug-likeness (QED) is 0.375. The van der Waals surface area contributed by atoms with Crippen molar-refractivity contribution in [2.45, 2.75) is 20.8 Å². The number of aryl methyl sites for hydroxylation is 3. The summed E-state index contributed by atoms with van der Waals surface area (Å²) in [5.74, 6) is 2.54. The van der Waals surface area contributed by atoms with Gasteiger partial charge >= 0.3 is 0 Å². The highest BCUT2D eigenvalue weighted by Gasteiger charge is 2.13. The second-order valence-electron chi connectivity index (χ2n) is 7.38. The zero-order chi connectivity index (χ0) is 23.5. The van der Waals surface area contributed by atoms with Gasteiger partial charge in [0.2, 0.25) is 5.88 Å². The Morgan fingerprint density at radius 3 is 2.36 bits per heavy atom. The zero-order valence-electron chi connectivity index (χ0n) is 18.6. The molecule has 0 unspecified atom stereocenters. The van der Waals surface area contributed by atoms with Gasteiger partial charge in [0.15, 0.2) is 5.82 Å². The first-order valence-electron chi connectivity index (χ1n) is 10.1. The lowest BCUT2D eigenvalue weighted by atomic mass is 10.2. The molecule has 0 fully saturated rings. The normalized spacial score (nSPS) is 10.7. The van der Waals surface area contributed by atoms with Gasteiger partial charge in [0.05, 0.1) is 18.4 Å². The van der Waals surface area contributed by atoms with Crippen LogP contribution >= 0.6 is 15.9 Å². The minimum atomic E-state index is -0.254. The number of halogens is 1. The molecule has 0 aliphatic heterocycles. The molecule has 0 bridgehead atoms. The highest BCUT2D eigenvalue weighted by atomic mass is 79.9. The van der Waals surface area contributed by atoms with Crippen LogP contribution in [0.1, 0.15) is 27.6 Å². The van der Waals surface area contributed by atoms with Gasteiger partial charge in [-0.25, -0.2) is 9.67 Å². The number of ether oxygens (including phenoxy) is 2. The van der Waals surface area contributed by atoms with Gasteiger partial charge in [-0.1, -0.05) is 0 Å². The molecule has 0 saturated carbocycles. The maximum atomic E-state index is 12.7. The molecule has 8 nitrogen and oxygen atoms in total. The molecule has 2 aromatic heterocycles. The number of benzene rings is 2. The van der Waals surface area contributed by atoms with Gasteiger partial charge in [-0.15, -0.1) is 0 Å². The third kappa shape index (κ3) is 5.20. The largest absolute Gasteiger partial charge is 0.497 e. The molecule has 168 valence electrons. The SMILES string of the molecule is COc1ccc(Br)c(C(=O)Nc2ccc(Oc3cc(-n4nc(C)cc4C)nc(C)n3)cc2)c1. The van der Waals surface area contributed by atoms with E-state index in [2.05, 4.69) is 36.3 Å². The van der Waals surface area contributed by atoms with Crippen LogP contribution in [-0.2, 0) is 0 Å². The Labute approximate surface area is 199 Å². The van der Waals surface area contributed by atoms with Crippen molar-refractivity contribution in [1.29, 1.82) is 0 Å². The number of carbonyl (C=O) groups is 1. The zero-order valence-corrected chi connectivity index (χ0v) is 20.2. The molecule has 0 radical (unpaired) electrons. The second kappa shape index (κ2) is 9.41. The monoisotopic (exact) mass is 507 g/mol. The minimum absolute atomic E-state index is 0.254. The highest BCUT2D eigenvalue weighted by molar-refractivity contribution is 9.10. The van der Waals surface area contributed by atoms with Crippen LogP contribution < -0.4 is 14.8 Å². The first-order chi connectivity index (χ1) is 15.8. The Morgan fingerprint density at radius 1 is 0.970 bits per heavy atom. The molecular formula is C24H22BrN5O3. The van der Waals surface area contributed by atoms with E-state index in [9.17, 15) is 4.79 Å². The van der Waals surface area contributed by atoms with E-state index in [-0.39, 0.29) is 5.91 Å². The fourth-order valence-electron chi connectivity index (χ4n) is 3.28. The van der Waals surface area contributed by atoms with Crippen molar-refractivity contribution in [1.82, 2.24) is 19.7 Å². The van der Waals surface area contributed by atoms with Crippen molar-refractivity contribution in [3.05, 3.63) is 81.8 Å². The van der Waals surface area contributed by atoms with E-state index in [0.29, 0.717) is 44.7 Å². The minimum Gasteiger partial charge on any atom is -0.497 e. The first-order valence-corrected chi connectivity index (χ1v) is 10.9. The van der Waals surface area contributed by atoms with Crippen LogP contribution in [0.15, 0.2) is 59.1 Å². The standard InChI is InChI=1S/C24H22BrN5O3/c1-14-11-15(2)30(29-14)22-13-23(27-16(3)26-22)33-18-7-5-17(6-8-18)28-24(31)20-12-19(32-4)9-10-21(20)25/h5-13H,1-4H3,(H,28,31). The number of aromatic nitrogens is 4. The fourth-order valence-corrected chi connectivity index (χ4v) is 3.70. The molecule has 0 atom stereocenters. The Hall–Kier alpha value is -3.72. The van der Waals surface area contributed by atoms with Crippen molar-refractivity contribution >= 4 is 27.5 Å². The van der Waals surface area contributed by atoms with Crippen molar-refractivity contribution < 1.29 is 14.3 Å². The first kappa shape index (κ1) is 22.5. The summed E-state index contributed by atoms with van der Waals surface area (Å²) in [4.78, 5) is 21.5. The van der Waals surface area contributed by atoms with E-state index in [0.717, 1.165) is 11.4 Å². The number of hydrogen-bond donors (Lipinski definition) is 1. The Kier molecular flexibility index (Phi) is 6.41. The summed E-state index contributed by atoms with van der Waals surface area (Å²) < 4.78 is 13.6. The average Bonchev–Trinajstić information content (AvgIpc) is 3.13. The van der Waals surface area contributed by atoms with Gasteiger partial charge < -0.3 is 14.8 Å². The average molecular weight is 508 g/mol. The number of nitrogens with one attached hydrogen (secondary N) is 1. The van der Waals surface area contributed by atoms with Crippen molar-refractivity contribution in [2.75, 3.05) is 12.4 Å². The van der Waals surface area contributed by atoms with E-state index in [1.165, 1.54) is 0 Å². The van der Waals surface area contributed by atoms with Crippen LogP contribution in [0.25, 0.3) is 5.82 Å². The molecule has 4 aromatic rings. The molecule has 4 rings (SSSR count). The Balaban J connectivity index is 1.49. The van der Waals surface area contributed by atoms with Crippen LogP contribution in [-0.4, -0.2) is 32.8 Å². The summed E-state index contributed by atoms with van der Waals surface area (Å²) in [5, 5.41) is 7.34. The van der Waals surface area contributed by atoms with Gasteiger partial charge in [0, 0.05) is 21.9 Å². The molecule has 33 heavy (non-hydrogen) atoms. The highest BCUT2D eigenvalue weighted by Crippen LogP contribution is 2.26. The molecule has 2 heterocycles. The number of methoxy groups -OCH3 is 1. The summed E-state index contributed by atoms with van der Waals surface area (Å²) >= 11 is 3.40. The second-order valence-corrected chi connectivity index (χ2v) is 8.23. The molecule has 1 N–H and O–H groups in total. The van der Waals surface area contributed by atoms with Crippen molar-refractivity contribution in [3.8, 4) is 23.2 Å². The van der Waals surface area contributed by atoms with Crippen molar-refractivity contribution in [3.63, 3.8) is 0 Å². The number of nitrogens with zero attached hydrogens (tertiary/aromatic N) is 4. The Morgan fingerprint density at radius 2 is 1.70 bits per heavy atom. The van der Waals surface area contributed by atoms with Crippen LogP contribution in [0.4, 0.5) is 5.69 Å². The predicted molar refractivity (Wildman–Crippen MR) is 129 cm³/mol. The number of hydrogen-bond acceptors (Lipinski definition) is 6. The van der Waals surface area contributed by atoms with Crippen molar-refractivity contribution in [2.24, 2.45) is 0 Å². The summed E-state index contributed by atoms with van der Waals surface area (Å²) in [5.41, 5.74) is 2.98. The molecule has 0 saturated heterocycles. The number of rotatable bonds is 6. The Bertz CT molecular complexity index is 1320. The topological polar surface area (TPSA) is 91.2 Å². The maximum Gasteiger partial charge on any atom is 0.256 e. The summed E-state index contributed by atoms with van der Waals surface area (Å²) in [6, 6.07) is 16.0. The lowest BCUT2D eigenvalue weighted by Gasteiger charge is -2.11. The summed E-state index contributed by atoms with van der Waals surface area (Å²) in [6.07, 6.45) is 0.